The maximum absolute atomic E-state index is 12.6. The molecule has 0 aliphatic heterocycles. The number of hydrogen-bond donors (Lipinski definition) is 1. The van der Waals surface area contributed by atoms with Gasteiger partial charge in [0.1, 0.15) is 12.7 Å². The van der Waals surface area contributed by atoms with Crippen LogP contribution in [0.4, 0.5) is 0 Å². The summed E-state index contributed by atoms with van der Waals surface area (Å²) in [5.41, 5.74) is 5.69. The van der Waals surface area contributed by atoms with E-state index in [0.29, 0.717) is 13.1 Å². The minimum Gasteiger partial charge on any atom is -0.342 e. The van der Waals surface area contributed by atoms with E-state index in [2.05, 4.69) is 17.1 Å². The van der Waals surface area contributed by atoms with Crippen LogP contribution in [0.2, 0.25) is 0 Å². The zero-order chi connectivity index (χ0) is 13.9. The van der Waals surface area contributed by atoms with Crippen LogP contribution in [0, 0.1) is 5.92 Å². The molecule has 0 aromatic carbocycles. The molecule has 2 rings (SSSR count). The van der Waals surface area contributed by atoms with Crippen LogP contribution in [-0.2, 0) is 11.3 Å². The Morgan fingerprint density at radius 1 is 1.38 bits per heavy atom. The van der Waals surface area contributed by atoms with E-state index in [0.717, 1.165) is 19.3 Å². The second-order valence-corrected chi connectivity index (χ2v) is 5.61. The van der Waals surface area contributed by atoms with Crippen LogP contribution >= 0.6 is 24.8 Å². The molecule has 1 saturated carbocycles. The Bertz CT molecular complexity index is 428. The minimum absolute atomic E-state index is 0. The number of aromatic nitrogens is 3. The fourth-order valence-electron chi connectivity index (χ4n) is 2.75. The smallest absolute Gasteiger partial charge is 0.242 e. The van der Waals surface area contributed by atoms with Crippen LogP contribution < -0.4 is 5.73 Å². The highest BCUT2D eigenvalue weighted by Gasteiger charge is 2.42. The van der Waals surface area contributed by atoms with Crippen molar-refractivity contribution in [2.75, 3.05) is 13.6 Å². The van der Waals surface area contributed by atoms with Crippen molar-refractivity contribution in [1.82, 2.24) is 19.7 Å². The first-order valence-corrected chi connectivity index (χ1v) is 6.91. The Hall–Kier alpha value is -0.850. The van der Waals surface area contributed by atoms with Crippen molar-refractivity contribution >= 4 is 30.7 Å². The first kappa shape index (κ1) is 20.1. The zero-order valence-corrected chi connectivity index (χ0v) is 14.2. The molecule has 2 N–H and O–H groups in total. The third-order valence-electron chi connectivity index (χ3n) is 4.26. The molecule has 1 amide bonds. The summed E-state index contributed by atoms with van der Waals surface area (Å²) in [5.74, 6) is 0.318. The molecule has 0 radical (unpaired) electrons. The van der Waals surface area contributed by atoms with Gasteiger partial charge in [0.25, 0.3) is 0 Å². The topological polar surface area (TPSA) is 77.0 Å². The van der Waals surface area contributed by atoms with Crippen LogP contribution in [0.25, 0.3) is 0 Å². The van der Waals surface area contributed by atoms with Gasteiger partial charge in [0.05, 0.1) is 5.54 Å². The van der Waals surface area contributed by atoms with Crippen molar-refractivity contribution in [3.8, 4) is 0 Å². The second-order valence-electron chi connectivity index (χ2n) is 5.61. The van der Waals surface area contributed by atoms with Crippen molar-refractivity contribution in [3.05, 3.63) is 12.7 Å². The highest BCUT2D eigenvalue weighted by atomic mass is 35.5. The number of hydrogen-bond acceptors (Lipinski definition) is 4. The van der Waals surface area contributed by atoms with E-state index in [4.69, 9.17) is 5.73 Å². The van der Waals surface area contributed by atoms with E-state index in [1.54, 1.807) is 17.6 Å². The van der Waals surface area contributed by atoms with Gasteiger partial charge in [0, 0.05) is 20.1 Å². The lowest BCUT2D eigenvalue weighted by Gasteiger charge is -2.40. The van der Waals surface area contributed by atoms with Gasteiger partial charge < -0.3 is 15.2 Å². The summed E-state index contributed by atoms with van der Waals surface area (Å²) in [6.07, 6.45) is 7.37. The fourth-order valence-corrected chi connectivity index (χ4v) is 2.75. The Labute approximate surface area is 138 Å². The summed E-state index contributed by atoms with van der Waals surface area (Å²) >= 11 is 0. The minimum atomic E-state index is -0.680. The van der Waals surface area contributed by atoms with Crippen molar-refractivity contribution in [2.24, 2.45) is 11.7 Å². The zero-order valence-electron chi connectivity index (χ0n) is 12.6. The van der Waals surface area contributed by atoms with Crippen LogP contribution in [0.1, 0.15) is 32.6 Å². The van der Waals surface area contributed by atoms with Crippen LogP contribution in [-0.4, -0.2) is 44.7 Å². The maximum Gasteiger partial charge on any atom is 0.242 e. The molecule has 8 heteroatoms. The average molecular weight is 338 g/mol. The third-order valence-corrected chi connectivity index (χ3v) is 4.26. The molecule has 0 bridgehead atoms. The number of carbonyl (C=O) groups is 1. The van der Waals surface area contributed by atoms with E-state index in [1.807, 2.05) is 11.6 Å². The van der Waals surface area contributed by atoms with E-state index in [-0.39, 0.29) is 36.6 Å². The Balaban J connectivity index is 0.00000200. The molecule has 21 heavy (non-hydrogen) atoms. The van der Waals surface area contributed by atoms with Crippen molar-refractivity contribution in [2.45, 2.75) is 44.7 Å². The Morgan fingerprint density at radius 2 is 2.00 bits per heavy atom. The summed E-state index contributed by atoms with van der Waals surface area (Å²) in [6, 6.07) is 0. The van der Waals surface area contributed by atoms with E-state index in [9.17, 15) is 4.79 Å². The lowest BCUT2D eigenvalue weighted by molar-refractivity contribution is -0.139. The van der Waals surface area contributed by atoms with Gasteiger partial charge in [-0.05, 0) is 18.8 Å². The molecule has 0 spiro atoms. The number of amides is 1. The largest absolute Gasteiger partial charge is 0.342 e. The van der Waals surface area contributed by atoms with E-state index >= 15 is 0 Å². The molecule has 122 valence electrons. The second kappa shape index (κ2) is 8.56. The number of nitrogens with zero attached hydrogens (tertiary/aromatic N) is 4. The molecule has 2 unspecified atom stereocenters. The third kappa shape index (κ3) is 4.56. The summed E-state index contributed by atoms with van der Waals surface area (Å²) in [7, 11) is 1.82. The van der Waals surface area contributed by atoms with Gasteiger partial charge in [0.2, 0.25) is 5.91 Å². The first-order chi connectivity index (χ1) is 9.04. The molecule has 1 heterocycles. The van der Waals surface area contributed by atoms with Crippen LogP contribution in [0.15, 0.2) is 12.7 Å². The Morgan fingerprint density at radius 3 is 2.57 bits per heavy atom. The highest BCUT2D eigenvalue weighted by Crippen LogP contribution is 2.32. The quantitative estimate of drug-likeness (QED) is 0.902. The first-order valence-electron chi connectivity index (χ1n) is 6.91. The van der Waals surface area contributed by atoms with Crippen molar-refractivity contribution in [3.63, 3.8) is 0 Å². The molecule has 2 atom stereocenters. The monoisotopic (exact) mass is 337 g/mol. The standard InChI is InChI=1S/C13H23N5O.2ClH/c1-11-5-3-4-6-13(11,14)12(19)17(2)7-8-18-9-15-16-10-18;;/h9-11H,3-8,14H2,1-2H3;2*1H. The van der Waals surface area contributed by atoms with E-state index in [1.165, 1.54) is 6.42 Å². The van der Waals surface area contributed by atoms with E-state index < -0.39 is 5.54 Å². The predicted molar refractivity (Wildman–Crippen MR) is 86.7 cm³/mol. The molecule has 1 aliphatic rings. The summed E-state index contributed by atoms with van der Waals surface area (Å²) in [6.45, 7) is 3.41. The maximum atomic E-state index is 12.6. The number of likely N-dealkylation sites (N-methyl/N-ethyl adjacent to an activating group) is 1. The van der Waals surface area contributed by atoms with Crippen LogP contribution in [0.5, 0.6) is 0 Å². The fraction of sp³-hybridized carbons (Fsp3) is 0.769. The number of rotatable bonds is 4. The molecule has 1 aliphatic carbocycles. The number of nitrogens with two attached hydrogens (primary N) is 1. The van der Waals surface area contributed by atoms with Gasteiger partial charge in [-0.2, -0.15) is 0 Å². The molecule has 6 nitrogen and oxygen atoms in total. The van der Waals surface area contributed by atoms with Crippen LogP contribution in [0.3, 0.4) is 0 Å². The highest BCUT2D eigenvalue weighted by molar-refractivity contribution is 5.86. The lowest BCUT2D eigenvalue weighted by atomic mass is 9.73. The van der Waals surface area contributed by atoms with Crippen molar-refractivity contribution < 1.29 is 4.79 Å². The number of carbonyl (C=O) groups excluding carboxylic acids is 1. The Kier molecular flexibility index (Phi) is 8.21. The SMILES string of the molecule is CC1CCCCC1(N)C(=O)N(C)CCn1cnnc1.Cl.Cl. The number of halogens is 2. The summed E-state index contributed by atoms with van der Waals surface area (Å²) < 4.78 is 1.86. The van der Waals surface area contributed by atoms with Gasteiger partial charge in [-0.15, -0.1) is 35.0 Å². The van der Waals surface area contributed by atoms with Gasteiger partial charge in [-0.3, -0.25) is 4.79 Å². The van der Waals surface area contributed by atoms with Gasteiger partial charge in [-0.1, -0.05) is 19.8 Å². The molecule has 1 aromatic heterocycles. The lowest BCUT2D eigenvalue weighted by Crippen LogP contribution is -2.59. The summed E-state index contributed by atoms with van der Waals surface area (Å²) in [5, 5.41) is 7.49. The molecular formula is C13H25Cl2N5O. The molecule has 1 fully saturated rings. The average Bonchev–Trinajstić information content (AvgIpc) is 2.92. The normalized spacial score (nSPS) is 24.6. The molecular weight excluding hydrogens is 313 g/mol. The van der Waals surface area contributed by atoms with Gasteiger partial charge in [0.15, 0.2) is 0 Å². The van der Waals surface area contributed by atoms with Gasteiger partial charge >= 0.3 is 0 Å². The predicted octanol–water partition coefficient (Wildman–Crippen LogP) is 1.49. The summed E-state index contributed by atoms with van der Waals surface area (Å²) in [4.78, 5) is 14.3. The van der Waals surface area contributed by atoms with Crippen molar-refractivity contribution in [1.29, 1.82) is 0 Å². The van der Waals surface area contributed by atoms with Gasteiger partial charge in [-0.25, -0.2) is 0 Å². The molecule has 0 saturated heterocycles. The molecule has 1 aromatic rings.